The third kappa shape index (κ3) is 4.09. The van der Waals surface area contributed by atoms with Gasteiger partial charge in [-0.25, -0.2) is 9.97 Å². The lowest BCUT2D eigenvalue weighted by Crippen LogP contribution is -2.29. The van der Waals surface area contributed by atoms with Crippen LogP contribution >= 0.6 is 0 Å². The molecule has 114 valence electrons. The van der Waals surface area contributed by atoms with Crippen LogP contribution in [0.25, 0.3) is 0 Å². The highest BCUT2D eigenvalue weighted by Gasteiger charge is 2.17. The zero-order valence-corrected chi connectivity index (χ0v) is 14.1. The Bertz CT molecular complexity index is 427. The van der Waals surface area contributed by atoms with Crippen LogP contribution < -0.4 is 10.2 Å². The van der Waals surface area contributed by atoms with Gasteiger partial charge in [0.1, 0.15) is 17.5 Å². The first kappa shape index (κ1) is 16.7. The van der Waals surface area contributed by atoms with E-state index < -0.39 is 0 Å². The Morgan fingerprint density at radius 2 is 1.75 bits per heavy atom. The van der Waals surface area contributed by atoms with E-state index in [1.165, 1.54) is 0 Å². The summed E-state index contributed by atoms with van der Waals surface area (Å²) in [5, 5.41) is 3.37. The molecule has 0 atom stereocenters. The van der Waals surface area contributed by atoms with Gasteiger partial charge in [-0.2, -0.15) is 0 Å². The molecule has 0 aliphatic heterocycles. The summed E-state index contributed by atoms with van der Waals surface area (Å²) < 4.78 is 0. The molecule has 0 bridgehead atoms. The number of hydrogen-bond acceptors (Lipinski definition) is 4. The summed E-state index contributed by atoms with van der Waals surface area (Å²) in [6.07, 6.45) is 0. The Balaban J connectivity index is 3.27. The monoisotopic (exact) mass is 278 g/mol. The molecule has 20 heavy (non-hydrogen) atoms. The fourth-order valence-electron chi connectivity index (χ4n) is 2.23. The maximum Gasteiger partial charge on any atom is 0.137 e. The first-order valence-corrected chi connectivity index (χ1v) is 7.77. The lowest BCUT2D eigenvalue weighted by Gasteiger charge is -2.27. The zero-order valence-electron chi connectivity index (χ0n) is 14.1. The van der Waals surface area contributed by atoms with Crippen molar-refractivity contribution in [3.8, 4) is 0 Å². The Hall–Kier alpha value is -1.32. The fourth-order valence-corrected chi connectivity index (χ4v) is 2.23. The van der Waals surface area contributed by atoms with Gasteiger partial charge in [0.05, 0.1) is 0 Å². The predicted octanol–water partition coefficient (Wildman–Crippen LogP) is 3.82. The van der Waals surface area contributed by atoms with Crippen molar-refractivity contribution in [1.82, 2.24) is 9.97 Å². The van der Waals surface area contributed by atoms with Gasteiger partial charge >= 0.3 is 0 Å². The van der Waals surface area contributed by atoms with Crippen LogP contribution in [0.1, 0.15) is 58.8 Å². The maximum atomic E-state index is 4.81. The molecule has 0 saturated heterocycles. The first-order valence-electron chi connectivity index (χ1n) is 7.77. The van der Waals surface area contributed by atoms with Gasteiger partial charge in [-0.05, 0) is 26.7 Å². The Morgan fingerprint density at radius 1 is 1.10 bits per heavy atom. The highest BCUT2D eigenvalue weighted by Crippen LogP contribution is 2.26. The number of nitrogens with one attached hydrogen (secondary N) is 1. The van der Waals surface area contributed by atoms with E-state index in [4.69, 9.17) is 4.98 Å². The molecular weight excluding hydrogens is 248 g/mol. The van der Waals surface area contributed by atoms with Crippen molar-refractivity contribution in [2.45, 2.75) is 54.4 Å². The lowest BCUT2D eigenvalue weighted by atomic mass is 10.1. The minimum absolute atomic E-state index is 0.338. The van der Waals surface area contributed by atoms with Crippen LogP contribution in [-0.2, 0) is 0 Å². The van der Waals surface area contributed by atoms with E-state index in [1.54, 1.807) is 0 Å². The third-order valence-corrected chi connectivity index (χ3v) is 3.26. The number of hydrogen-bond donors (Lipinski definition) is 1. The molecule has 0 radical (unpaired) electrons. The molecule has 0 unspecified atom stereocenters. The summed E-state index contributed by atoms with van der Waals surface area (Å²) in [6, 6.07) is 0. The van der Waals surface area contributed by atoms with Gasteiger partial charge in [0.2, 0.25) is 0 Å². The summed E-state index contributed by atoms with van der Waals surface area (Å²) >= 11 is 0. The third-order valence-electron chi connectivity index (χ3n) is 3.26. The van der Waals surface area contributed by atoms with E-state index in [-0.39, 0.29) is 0 Å². The minimum Gasteiger partial charge on any atom is -0.370 e. The average molecular weight is 278 g/mol. The van der Waals surface area contributed by atoms with Crippen LogP contribution in [-0.4, -0.2) is 29.6 Å². The number of rotatable bonds is 7. The Labute approximate surface area is 124 Å². The fraction of sp³-hybridized carbons (Fsp3) is 0.750. The van der Waals surface area contributed by atoms with Crippen molar-refractivity contribution in [2.75, 3.05) is 29.9 Å². The SMILES string of the molecule is CCNc1nc(C(C)C)nc(N(CC)CC(C)C)c1C. The molecule has 1 rings (SSSR count). The lowest BCUT2D eigenvalue weighted by molar-refractivity contribution is 0.610. The van der Waals surface area contributed by atoms with Crippen LogP contribution in [0, 0.1) is 12.8 Å². The van der Waals surface area contributed by atoms with Gasteiger partial charge in [-0.3, -0.25) is 0 Å². The second-order valence-electron chi connectivity index (χ2n) is 6.00. The maximum absolute atomic E-state index is 4.81. The molecule has 0 aliphatic carbocycles. The molecule has 4 nitrogen and oxygen atoms in total. The van der Waals surface area contributed by atoms with Crippen LogP contribution in [0.2, 0.25) is 0 Å². The van der Waals surface area contributed by atoms with Gasteiger partial charge in [0.15, 0.2) is 0 Å². The van der Waals surface area contributed by atoms with Crippen molar-refractivity contribution in [2.24, 2.45) is 5.92 Å². The van der Waals surface area contributed by atoms with Gasteiger partial charge in [-0.15, -0.1) is 0 Å². The van der Waals surface area contributed by atoms with Crippen LogP contribution in [0.15, 0.2) is 0 Å². The summed E-state index contributed by atoms with van der Waals surface area (Å²) in [6.45, 7) is 18.0. The second-order valence-corrected chi connectivity index (χ2v) is 6.00. The van der Waals surface area contributed by atoms with Gasteiger partial charge in [-0.1, -0.05) is 27.7 Å². The molecular formula is C16H30N4. The van der Waals surface area contributed by atoms with Crippen molar-refractivity contribution in [3.63, 3.8) is 0 Å². The minimum atomic E-state index is 0.338. The van der Waals surface area contributed by atoms with Crippen molar-refractivity contribution in [3.05, 3.63) is 11.4 Å². The van der Waals surface area contributed by atoms with E-state index in [1.807, 2.05) is 0 Å². The molecule has 1 N–H and O–H groups in total. The molecule has 0 fully saturated rings. The molecule has 0 aromatic carbocycles. The van der Waals surface area contributed by atoms with Crippen molar-refractivity contribution >= 4 is 11.6 Å². The molecule has 1 heterocycles. The van der Waals surface area contributed by atoms with Gasteiger partial charge in [0, 0.05) is 31.1 Å². The summed E-state index contributed by atoms with van der Waals surface area (Å²) in [7, 11) is 0. The Morgan fingerprint density at radius 3 is 2.20 bits per heavy atom. The molecule has 0 spiro atoms. The van der Waals surface area contributed by atoms with Crippen LogP contribution in [0.3, 0.4) is 0 Å². The predicted molar refractivity (Wildman–Crippen MR) is 87.7 cm³/mol. The number of nitrogens with zero attached hydrogens (tertiary/aromatic N) is 3. The molecule has 0 amide bonds. The van der Waals surface area contributed by atoms with E-state index >= 15 is 0 Å². The standard InChI is InChI=1S/C16H30N4/c1-8-17-15-13(7)16(19-14(18-15)12(5)6)20(9-2)10-11(3)4/h11-12H,8-10H2,1-7H3,(H,17,18,19). The number of aromatic nitrogens is 2. The zero-order chi connectivity index (χ0) is 15.3. The van der Waals surface area contributed by atoms with Crippen molar-refractivity contribution in [1.29, 1.82) is 0 Å². The van der Waals surface area contributed by atoms with E-state index in [9.17, 15) is 0 Å². The van der Waals surface area contributed by atoms with E-state index in [0.29, 0.717) is 11.8 Å². The van der Waals surface area contributed by atoms with Crippen molar-refractivity contribution < 1.29 is 0 Å². The average Bonchev–Trinajstić information content (AvgIpc) is 2.38. The summed E-state index contributed by atoms with van der Waals surface area (Å²) in [5.74, 6) is 3.93. The molecule has 0 saturated carbocycles. The topological polar surface area (TPSA) is 41.1 Å². The first-order chi connectivity index (χ1) is 9.40. The van der Waals surface area contributed by atoms with E-state index in [2.05, 4.69) is 63.7 Å². The normalized spacial score (nSPS) is 11.2. The largest absolute Gasteiger partial charge is 0.370 e. The van der Waals surface area contributed by atoms with Crippen LogP contribution in [0.4, 0.5) is 11.6 Å². The second kappa shape index (κ2) is 7.46. The van der Waals surface area contributed by atoms with Crippen LogP contribution in [0.5, 0.6) is 0 Å². The summed E-state index contributed by atoms with van der Waals surface area (Å²) in [4.78, 5) is 11.8. The molecule has 0 aliphatic rings. The quantitative estimate of drug-likeness (QED) is 0.823. The smallest absolute Gasteiger partial charge is 0.137 e. The van der Waals surface area contributed by atoms with E-state index in [0.717, 1.165) is 42.7 Å². The Kier molecular flexibility index (Phi) is 6.24. The van der Waals surface area contributed by atoms with Gasteiger partial charge < -0.3 is 10.2 Å². The molecule has 4 heteroatoms. The molecule has 1 aromatic rings. The highest BCUT2D eigenvalue weighted by molar-refractivity contribution is 5.58. The highest BCUT2D eigenvalue weighted by atomic mass is 15.2. The molecule has 1 aromatic heterocycles. The number of anilines is 2. The van der Waals surface area contributed by atoms with Gasteiger partial charge in [0.25, 0.3) is 0 Å². The summed E-state index contributed by atoms with van der Waals surface area (Å²) in [5.41, 5.74) is 1.15.